The van der Waals surface area contributed by atoms with Crippen LogP contribution >= 0.6 is 0 Å². The van der Waals surface area contributed by atoms with Crippen molar-refractivity contribution in [3.8, 4) is 0 Å². The molecule has 1 fully saturated rings. The quantitative estimate of drug-likeness (QED) is 0.828. The zero-order valence-corrected chi connectivity index (χ0v) is 11.0. The lowest BCUT2D eigenvalue weighted by atomic mass is 9.88. The molecule has 17 heavy (non-hydrogen) atoms. The monoisotopic (exact) mass is 235 g/mol. The van der Waals surface area contributed by atoms with Gasteiger partial charge in [0.2, 0.25) is 0 Å². The summed E-state index contributed by atoms with van der Waals surface area (Å²) in [5.41, 5.74) is 3.03. The number of halogens is 1. The second kappa shape index (κ2) is 5.18. The van der Waals surface area contributed by atoms with Crippen molar-refractivity contribution in [1.29, 1.82) is 0 Å². The molecule has 0 aliphatic carbocycles. The Morgan fingerprint density at radius 2 is 2.06 bits per heavy atom. The Kier molecular flexibility index (Phi) is 3.82. The molecule has 1 aliphatic heterocycles. The molecule has 1 saturated heterocycles. The molecule has 2 unspecified atom stereocenters. The minimum absolute atomic E-state index is 0.0267. The van der Waals surface area contributed by atoms with Gasteiger partial charge in [-0.25, -0.2) is 4.39 Å². The van der Waals surface area contributed by atoms with E-state index < -0.39 is 0 Å². The van der Waals surface area contributed by atoms with Crippen LogP contribution in [0, 0.1) is 25.6 Å². The number of rotatable bonds is 2. The fourth-order valence-electron chi connectivity index (χ4n) is 2.72. The highest BCUT2D eigenvalue weighted by Gasteiger charge is 2.20. The minimum Gasteiger partial charge on any atom is -0.314 e. The first-order chi connectivity index (χ1) is 8.06. The standard InChI is InChI=1S/C15H22FN/c1-10-6-11(2)14(15(16)7-10)8-13-5-4-12(3)17-9-13/h6-7,12-13,17H,4-5,8-9H2,1-3H3. The fourth-order valence-corrected chi connectivity index (χ4v) is 2.72. The molecule has 1 N–H and O–H groups in total. The number of piperidine rings is 1. The van der Waals surface area contributed by atoms with E-state index in [0.717, 1.165) is 29.7 Å². The van der Waals surface area contributed by atoms with Crippen LogP contribution in [0.15, 0.2) is 12.1 Å². The van der Waals surface area contributed by atoms with E-state index >= 15 is 0 Å². The molecule has 2 atom stereocenters. The summed E-state index contributed by atoms with van der Waals surface area (Å²) in [7, 11) is 0. The van der Waals surface area contributed by atoms with E-state index in [0.29, 0.717) is 12.0 Å². The summed E-state index contributed by atoms with van der Waals surface area (Å²) in [5.74, 6) is 0.559. The number of hydrogen-bond donors (Lipinski definition) is 1. The molecule has 0 spiro atoms. The predicted molar refractivity (Wildman–Crippen MR) is 69.8 cm³/mol. The Bertz CT molecular complexity index is 369. The van der Waals surface area contributed by atoms with E-state index in [1.165, 1.54) is 12.8 Å². The van der Waals surface area contributed by atoms with Gasteiger partial charge in [0.15, 0.2) is 0 Å². The molecule has 2 heteroatoms. The average molecular weight is 235 g/mol. The Morgan fingerprint density at radius 3 is 2.65 bits per heavy atom. The van der Waals surface area contributed by atoms with Crippen molar-refractivity contribution in [1.82, 2.24) is 5.32 Å². The van der Waals surface area contributed by atoms with Gasteiger partial charge in [-0.05, 0) is 75.3 Å². The molecule has 0 radical (unpaired) electrons. The van der Waals surface area contributed by atoms with Crippen LogP contribution in [0.25, 0.3) is 0 Å². The summed E-state index contributed by atoms with van der Waals surface area (Å²) in [6.07, 6.45) is 3.29. The summed E-state index contributed by atoms with van der Waals surface area (Å²) in [4.78, 5) is 0. The van der Waals surface area contributed by atoms with E-state index in [4.69, 9.17) is 0 Å². The van der Waals surface area contributed by atoms with Crippen LogP contribution in [0.2, 0.25) is 0 Å². The number of nitrogens with one attached hydrogen (secondary N) is 1. The molecule has 1 aliphatic rings. The molecule has 0 bridgehead atoms. The van der Waals surface area contributed by atoms with Crippen molar-refractivity contribution >= 4 is 0 Å². The van der Waals surface area contributed by atoms with Gasteiger partial charge in [0.05, 0.1) is 0 Å². The minimum atomic E-state index is -0.0267. The first kappa shape index (κ1) is 12.6. The van der Waals surface area contributed by atoms with Crippen molar-refractivity contribution in [3.05, 3.63) is 34.6 Å². The lowest BCUT2D eigenvalue weighted by molar-refractivity contribution is 0.319. The van der Waals surface area contributed by atoms with Crippen molar-refractivity contribution in [3.63, 3.8) is 0 Å². The van der Waals surface area contributed by atoms with Crippen molar-refractivity contribution in [2.75, 3.05) is 6.54 Å². The Morgan fingerprint density at radius 1 is 1.29 bits per heavy atom. The third kappa shape index (κ3) is 3.06. The van der Waals surface area contributed by atoms with E-state index in [-0.39, 0.29) is 5.82 Å². The van der Waals surface area contributed by atoms with Gasteiger partial charge in [-0.15, -0.1) is 0 Å². The Hall–Kier alpha value is -0.890. The van der Waals surface area contributed by atoms with Crippen molar-refractivity contribution in [2.45, 2.75) is 46.1 Å². The summed E-state index contributed by atoms with van der Waals surface area (Å²) in [6.45, 7) is 7.20. The molecule has 1 aromatic rings. The van der Waals surface area contributed by atoms with Gasteiger partial charge in [-0.3, -0.25) is 0 Å². The normalized spacial score (nSPS) is 24.9. The van der Waals surface area contributed by atoms with Gasteiger partial charge in [-0.1, -0.05) is 6.07 Å². The predicted octanol–water partition coefficient (Wildman–Crippen LogP) is 3.37. The molecule has 1 nitrogen and oxygen atoms in total. The van der Waals surface area contributed by atoms with E-state index in [9.17, 15) is 4.39 Å². The zero-order valence-electron chi connectivity index (χ0n) is 11.0. The van der Waals surface area contributed by atoms with Crippen molar-refractivity contribution < 1.29 is 4.39 Å². The maximum Gasteiger partial charge on any atom is 0.126 e. The van der Waals surface area contributed by atoms with Gasteiger partial charge in [0, 0.05) is 6.04 Å². The highest BCUT2D eigenvalue weighted by Crippen LogP contribution is 2.23. The van der Waals surface area contributed by atoms with E-state index in [2.05, 4.69) is 18.3 Å². The van der Waals surface area contributed by atoms with Crippen molar-refractivity contribution in [2.24, 2.45) is 5.92 Å². The summed E-state index contributed by atoms with van der Waals surface area (Å²) in [6, 6.07) is 4.36. The fraction of sp³-hybridized carbons (Fsp3) is 0.600. The number of aryl methyl sites for hydroxylation is 2. The largest absolute Gasteiger partial charge is 0.314 e. The highest BCUT2D eigenvalue weighted by molar-refractivity contribution is 5.32. The third-order valence-electron chi connectivity index (χ3n) is 3.82. The van der Waals surface area contributed by atoms with Gasteiger partial charge < -0.3 is 5.32 Å². The van der Waals surface area contributed by atoms with E-state index in [1.807, 2.05) is 13.8 Å². The van der Waals surface area contributed by atoms with Gasteiger partial charge in [-0.2, -0.15) is 0 Å². The van der Waals surface area contributed by atoms with Crippen LogP contribution in [0.5, 0.6) is 0 Å². The number of hydrogen-bond acceptors (Lipinski definition) is 1. The van der Waals surface area contributed by atoms with Crippen LogP contribution in [0.4, 0.5) is 4.39 Å². The third-order valence-corrected chi connectivity index (χ3v) is 3.82. The SMILES string of the molecule is Cc1cc(C)c(CC2CCC(C)NC2)c(F)c1. The average Bonchev–Trinajstić information content (AvgIpc) is 2.26. The topological polar surface area (TPSA) is 12.0 Å². The van der Waals surface area contributed by atoms with E-state index in [1.54, 1.807) is 6.07 Å². The molecule has 94 valence electrons. The Balaban J connectivity index is 2.08. The maximum atomic E-state index is 13.9. The van der Waals surface area contributed by atoms with Gasteiger partial charge >= 0.3 is 0 Å². The molecule has 0 amide bonds. The summed E-state index contributed by atoms with van der Waals surface area (Å²) < 4.78 is 13.9. The van der Waals surface area contributed by atoms with Crippen LogP contribution in [-0.2, 0) is 6.42 Å². The molecule has 0 saturated carbocycles. The van der Waals surface area contributed by atoms with Gasteiger partial charge in [0.1, 0.15) is 5.82 Å². The lowest BCUT2D eigenvalue weighted by Gasteiger charge is -2.28. The Labute approximate surface area is 103 Å². The molecule has 1 aromatic carbocycles. The zero-order chi connectivity index (χ0) is 12.4. The van der Waals surface area contributed by atoms with Crippen LogP contribution in [0.3, 0.4) is 0 Å². The smallest absolute Gasteiger partial charge is 0.126 e. The number of benzene rings is 1. The second-order valence-corrected chi connectivity index (χ2v) is 5.50. The summed E-state index contributed by atoms with van der Waals surface area (Å²) in [5, 5.41) is 3.48. The van der Waals surface area contributed by atoms with Crippen LogP contribution in [-0.4, -0.2) is 12.6 Å². The van der Waals surface area contributed by atoms with Gasteiger partial charge in [0.25, 0.3) is 0 Å². The molecule has 1 heterocycles. The van der Waals surface area contributed by atoms with Crippen LogP contribution < -0.4 is 5.32 Å². The first-order valence-corrected chi connectivity index (χ1v) is 6.55. The first-order valence-electron chi connectivity index (χ1n) is 6.55. The summed E-state index contributed by atoms with van der Waals surface area (Å²) >= 11 is 0. The molecular weight excluding hydrogens is 213 g/mol. The lowest BCUT2D eigenvalue weighted by Crippen LogP contribution is -2.37. The molecule has 2 rings (SSSR count). The molecular formula is C15H22FN. The molecule has 0 aromatic heterocycles. The second-order valence-electron chi connectivity index (χ2n) is 5.50. The van der Waals surface area contributed by atoms with Crippen LogP contribution in [0.1, 0.15) is 36.5 Å². The highest BCUT2D eigenvalue weighted by atomic mass is 19.1. The maximum absolute atomic E-state index is 13.9.